The maximum Gasteiger partial charge on any atom is 0.243 e. The van der Waals surface area contributed by atoms with E-state index in [9.17, 15) is 13.2 Å². The minimum atomic E-state index is -3.77. The number of sulfonamides is 1. The quantitative estimate of drug-likeness (QED) is 0.635. The minimum Gasteiger partial charge on any atom is -0.497 e. The standard InChI is InChI=1S/C21H25BrN2O5S/c1-28-17-8-11-20(29-2)15(13-17)14-23-21(25)19-5-3-4-12-24(19)30(26,27)18-9-6-16(22)7-10-18/h6-11,13,19H,3-5,12,14H2,1-2H3,(H,23,25). The molecule has 30 heavy (non-hydrogen) atoms. The first kappa shape index (κ1) is 22.6. The lowest BCUT2D eigenvalue weighted by molar-refractivity contribution is -0.125. The van der Waals surface area contributed by atoms with Crippen LogP contribution in [0.15, 0.2) is 51.8 Å². The topological polar surface area (TPSA) is 84.9 Å². The molecule has 1 unspecified atom stereocenters. The van der Waals surface area contributed by atoms with E-state index in [1.165, 1.54) is 4.31 Å². The van der Waals surface area contributed by atoms with Crippen LogP contribution in [-0.4, -0.2) is 45.4 Å². The number of ether oxygens (including phenoxy) is 2. The van der Waals surface area contributed by atoms with E-state index >= 15 is 0 Å². The summed E-state index contributed by atoms with van der Waals surface area (Å²) in [6.07, 6.45) is 2.01. The molecule has 1 saturated heterocycles. The monoisotopic (exact) mass is 496 g/mol. The van der Waals surface area contributed by atoms with Crippen molar-refractivity contribution in [1.82, 2.24) is 9.62 Å². The molecule has 1 atom stereocenters. The maximum absolute atomic E-state index is 13.2. The lowest BCUT2D eigenvalue weighted by atomic mass is 10.0. The molecule has 0 aromatic heterocycles. The van der Waals surface area contributed by atoms with Crippen LogP contribution < -0.4 is 14.8 Å². The molecule has 7 nitrogen and oxygen atoms in total. The number of halogens is 1. The van der Waals surface area contributed by atoms with Gasteiger partial charge in [-0.15, -0.1) is 0 Å². The Morgan fingerprint density at radius 1 is 1.13 bits per heavy atom. The first-order valence-electron chi connectivity index (χ1n) is 9.63. The number of hydrogen-bond acceptors (Lipinski definition) is 5. The molecule has 3 rings (SSSR count). The van der Waals surface area contributed by atoms with Crippen LogP contribution in [0.4, 0.5) is 0 Å². The number of methoxy groups -OCH3 is 2. The lowest BCUT2D eigenvalue weighted by Crippen LogP contribution is -2.51. The van der Waals surface area contributed by atoms with Crippen molar-refractivity contribution < 1.29 is 22.7 Å². The van der Waals surface area contributed by atoms with Gasteiger partial charge in [-0.1, -0.05) is 22.4 Å². The van der Waals surface area contributed by atoms with Crippen molar-refractivity contribution in [1.29, 1.82) is 0 Å². The molecule has 2 aromatic rings. The maximum atomic E-state index is 13.2. The molecule has 1 heterocycles. The van der Waals surface area contributed by atoms with Gasteiger partial charge in [0.2, 0.25) is 15.9 Å². The Hall–Kier alpha value is -2.10. The average Bonchev–Trinajstić information content (AvgIpc) is 2.77. The highest BCUT2D eigenvalue weighted by Crippen LogP contribution is 2.27. The van der Waals surface area contributed by atoms with Gasteiger partial charge in [-0.2, -0.15) is 4.31 Å². The molecule has 1 aliphatic heterocycles. The predicted octanol–water partition coefficient (Wildman–Crippen LogP) is 3.33. The average molecular weight is 497 g/mol. The molecular weight excluding hydrogens is 472 g/mol. The third kappa shape index (κ3) is 4.96. The van der Waals surface area contributed by atoms with Gasteiger partial charge in [0.1, 0.15) is 17.5 Å². The van der Waals surface area contributed by atoms with Crippen molar-refractivity contribution in [3.05, 3.63) is 52.5 Å². The molecule has 1 amide bonds. The molecule has 0 spiro atoms. The highest BCUT2D eigenvalue weighted by molar-refractivity contribution is 9.10. The second-order valence-corrected chi connectivity index (χ2v) is 9.78. The van der Waals surface area contributed by atoms with Crippen molar-refractivity contribution in [3.63, 3.8) is 0 Å². The third-order valence-electron chi connectivity index (χ3n) is 5.12. The highest BCUT2D eigenvalue weighted by atomic mass is 79.9. The Morgan fingerprint density at radius 2 is 1.87 bits per heavy atom. The van der Waals surface area contributed by atoms with E-state index in [-0.39, 0.29) is 17.3 Å². The summed E-state index contributed by atoms with van der Waals surface area (Å²) in [5.41, 5.74) is 0.753. The van der Waals surface area contributed by atoms with Crippen LogP contribution >= 0.6 is 15.9 Å². The zero-order chi connectivity index (χ0) is 21.7. The SMILES string of the molecule is COc1ccc(OC)c(CNC(=O)C2CCCCN2S(=O)(=O)c2ccc(Br)cc2)c1. The van der Waals surface area contributed by atoms with Crippen LogP contribution in [0, 0.1) is 0 Å². The molecule has 1 fully saturated rings. The summed E-state index contributed by atoms with van der Waals surface area (Å²) in [4.78, 5) is 13.2. The second-order valence-electron chi connectivity index (χ2n) is 6.98. The van der Waals surface area contributed by atoms with Crippen molar-refractivity contribution in [2.45, 2.75) is 36.7 Å². The molecule has 1 aliphatic rings. The Balaban J connectivity index is 1.78. The fourth-order valence-corrected chi connectivity index (χ4v) is 5.44. The fraction of sp³-hybridized carbons (Fsp3) is 0.381. The minimum absolute atomic E-state index is 0.180. The van der Waals surface area contributed by atoms with Gasteiger partial charge >= 0.3 is 0 Å². The second kappa shape index (κ2) is 9.80. The van der Waals surface area contributed by atoms with E-state index in [4.69, 9.17) is 9.47 Å². The van der Waals surface area contributed by atoms with E-state index in [0.717, 1.165) is 22.9 Å². The highest BCUT2D eigenvalue weighted by Gasteiger charge is 2.37. The van der Waals surface area contributed by atoms with Crippen molar-refractivity contribution in [2.75, 3.05) is 20.8 Å². The molecule has 1 N–H and O–H groups in total. The van der Waals surface area contributed by atoms with Crippen LogP contribution in [0.25, 0.3) is 0 Å². The van der Waals surface area contributed by atoms with Crippen LogP contribution in [0.2, 0.25) is 0 Å². The number of benzene rings is 2. The summed E-state index contributed by atoms with van der Waals surface area (Å²) >= 11 is 3.32. The smallest absolute Gasteiger partial charge is 0.243 e. The van der Waals surface area contributed by atoms with Gasteiger partial charge < -0.3 is 14.8 Å². The van der Waals surface area contributed by atoms with Gasteiger partial charge in [0.25, 0.3) is 0 Å². The summed E-state index contributed by atoms with van der Waals surface area (Å²) in [6.45, 7) is 0.529. The number of carbonyl (C=O) groups is 1. The molecule has 162 valence electrons. The van der Waals surface area contributed by atoms with Crippen LogP contribution in [-0.2, 0) is 21.4 Å². The van der Waals surface area contributed by atoms with E-state index in [2.05, 4.69) is 21.2 Å². The van der Waals surface area contributed by atoms with Crippen molar-refractivity contribution in [3.8, 4) is 11.5 Å². The molecule has 0 aliphatic carbocycles. The summed E-state index contributed by atoms with van der Waals surface area (Å²) in [5, 5.41) is 2.87. The number of nitrogens with one attached hydrogen (secondary N) is 1. The molecular formula is C21H25BrN2O5S. The number of nitrogens with zero attached hydrogens (tertiary/aromatic N) is 1. The molecule has 2 aromatic carbocycles. The van der Waals surface area contributed by atoms with Gasteiger partial charge in [-0.05, 0) is 55.3 Å². The fourth-order valence-electron chi connectivity index (χ4n) is 3.52. The largest absolute Gasteiger partial charge is 0.497 e. The Labute approximate surface area is 185 Å². The van der Waals surface area contributed by atoms with Gasteiger partial charge in [0.05, 0.1) is 19.1 Å². The molecule has 0 saturated carbocycles. The zero-order valence-electron chi connectivity index (χ0n) is 16.9. The molecule has 9 heteroatoms. The van der Waals surface area contributed by atoms with E-state index in [1.807, 2.05) is 0 Å². The van der Waals surface area contributed by atoms with E-state index < -0.39 is 16.1 Å². The number of carbonyl (C=O) groups excluding carboxylic acids is 1. The van der Waals surface area contributed by atoms with E-state index in [0.29, 0.717) is 24.5 Å². The van der Waals surface area contributed by atoms with Crippen LogP contribution in [0.5, 0.6) is 11.5 Å². The zero-order valence-corrected chi connectivity index (χ0v) is 19.3. The van der Waals surface area contributed by atoms with Gasteiger partial charge in [0.15, 0.2) is 0 Å². The number of piperidine rings is 1. The molecule has 0 radical (unpaired) electrons. The first-order valence-corrected chi connectivity index (χ1v) is 11.9. The normalized spacial score (nSPS) is 17.4. The van der Waals surface area contributed by atoms with E-state index in [1.54, 1.807) is 56.7 Å². The third-order valence-corrected chi connectivity index (χ3v) is 7.57. The summed E-state index contributed by atoms with van der Waals surface area (Å²) < 4.78 is 39.0. The number of hydrogen-bond donors (Lipinski definition) is 1. The van der Waals surface area contributed by atoms with Crippen molar-refractivity contribution in [2.24, 2.45) is 0 Å². The van der Waals surface area contributed by atoms with Gasteiger partial charge in [-0.3, -0.25) is 4.79 Å². The molecule has 0 bridgehead atoms. The van der Waals surface area contributed by atoms with Gasteiger partial charge in [-0.25, -0.2) is 8.42 Å². The number of rotatable bonds is 7. The van der Waals surface area contributed by atoms with Crippen LogP contribution in [0.3, 0.4) is 0 Å². The predicted molar refractivity (Wildman–Crippen MR) is 117 cm³/mol. The number of amides is 1. The summed E-state index contributed by atoms with van der Waals surface area (Å²) in [6, 6.07) is 11.0. The first-order chi connectivity index (χ1) is 14.4. The Kier molecular flexibility index (Phi) is 7.38. The van der Waals surface area contributed by atoms with Crippen molar-refractivity contribution >= 4 is 31.9 Å². The van der Waals surface area contributed by atoms with Crippen LogP contribution in [0.1, 0.15) is 24.8 Å². The summed E-state index contributed by atoms with van der Waals surface area (Å²) in [5.74, 6) is 0.955. The lowest BCUT2D eigenvalue weighted by Gasteiger charge is -2.33. The summed E-state index contributed by atoms with van der Waals surface area (Å²) in [7, 11) is -0.650. The van der Waals surface area contributed by atoms with Gasteiger partial charge in [0, 0.05) is 23.1 Å². The Morgan fingerprint density at radius 3 is 2.53 bits per heavy atom. The Bertz CT molecular complexity index is 995.